The predicted molar refractivity (Wildman–Crippen MR) is 132 cm³/mol. The third-order valence-corrected chi connectivity index (χ3v) is 5.69. The Bertz CT molecular complexity index is 1040. The van der Waals surface area contributed by atoms with E-state index in [0.29, 0.717) is 17.4 Å². The lowest BCUT2D eigenvalue weighted by Crippen LogP contribution is -2.28. The molecule has 3 rings (SSSR count). The first-order valence-electron chi connectivity index (χ1n) is 11.0. The van der Waals surface area contributed by atoms with Crippen LogP contribution in [-0.4, -0.2) is 29.9 Å². The highest BCUT2D eigenvalue weighted by Gasteiger charge is 2.18. The van der Waals surface area contributed by atoms with Crippen LogP contribution in [0.2, 0.25) is 0 Å². The van der Waals surface area contributed by atoms with Crippen LogP contribution in [0.4, 0.5) is 10.8 Å². The van der Waals surface area contributed by atoms with Crippen LogP contribution in [-0.2, 0) is 27.2 Å². The fraction of sp³-hybridized carbons (Fsp3) is 0.320. The number of carbonyl (C=O) groups is 2. The monoisotopic (exact) mass is 466 g/mol. The Morgan fingerprint density at radius 3 is 2.45 bits per heavy atom. The number of hydrogen-bond donors (Lipinski definition) is 3. The molecule has 0 aliphatic carbocycles. The second-order valence-electron chi connectivity index (χ2n) is 8.04. The maximum absolute atomic E-state index is 12.2. The topological polar surface area (TPSA) is 106 Å². The lowest BCUT2D eigenvalue weighted by atomic mass is 10.1. The summed E-state index contributed by atoms with van der Waals surface area (Å²) in [5, 5.41) is 8.52. The van der Waals surface area contributed by atoms with Gasteiger partial charge in [-0.25, -0.2) is 4.98 Å². The number of nitrogens with two attached hydrogens (primary N) is 1. The number of carbonyl (C=O) groups excluding carboxylic acids is 2. The van der Waals surface area contributed by atoms with Gasteiger partial charge < -0.3 is 21.1 Å². The lowest BCUT2D eigenvalue weighted by molar-refractivity contribution is -0.153. The van der Waals surface area contributed by atoms with Gasteiger partial charge in [-0.3, -0.25) is 9.59 Å². The molecule has 1 heterocycles. The third kappa shape index (κ3) is 8.00. The molecule has 1 amide bonds. The van der Waals surface area contributed by atoms with Gasteiger partial charge in [0.15, 0.2) is 5.13 Å². The molecule has 1 unspecified atom stereocenters. The molecule has 0 aliphatic rings. The molecule has 0 saturated carbocycles. The lowest BCUT2D eigenvalue weighted by Gasteiger charge is -2.20. The summed E-state index contributed by atoms with van der Waals surface area (Å²) in [4.78, 5) is 28.4. The molecule has 0 aliphatic heterocycles. The summed E-state index contributed by atoms with van der Waals surface area (Å²) < 4.78 is 5.69. The van der Waals surface area contributed by atoms with Gasteiger partial charge in [-0.15, -0.1) is 11.3 Å². The number of hydrogen-bond acceptors (Lipinski definition) is 7. The quantitative estimate of drug-likeness (QED) is 0.292. The number of amides is 1. The number of esters is 1. The van der Waals surface area contributed by atoms with Crippen LogP contribution in [0, 0.1) is 5.92 Å². The van der Waals surface area contributed by atoms with E-state index in [-0.39, 0.29) is 30.3 Å². The zero-order valence-electron chi connectivity index (χ0n) is 18.9. The van der Waals surface area contributed by atoms with Crippen molar-refractivity contribution in [3.63, 3.8) is 0 Å². The van der Waals surface area contributed by atoms with Gasteiger partial charge in [0.2, 0.25) is 5.91 Å². The number of nitrogen functional groups attached to an aromatic ring is 1. The van der Waals surface area contributed by atoms with Crippen LogP contribution >= 0.6 is 11.3 Å². The minimum Gasteiger partial charge on any atom is -0.456 e. The van der Waals surface area contributed by atoms with Gasteiger partial charge in [0.05, 0.1) is 18.0 Å². The van der Waals surface area contributed by atoms with E-state index in [1.807, 2.05) is 68.4 Å². The highest BCUT2D eigenvalue weighted by molar-refractivity contribution is 7.13. The molecule has 0 fully saturated rings. The molecule has 4 N–H and O–H groups in total. The minimum atomic E-state index is -0.327. The normalized spacial score (nSPS) is 11.8. The Kier molecular flexibility index (Phi) is 8.97. The molecule has 7 nitrogen and oxygen atoms in total. The van der Waals surface area contributed by atoms with Crippen molar-refractivity contribution in [3.8, 4) is 0 Å². The average Bonchev–Trinajstić information content (AvgIpc) is 3.21. The Hall–Kier alpha value is -3.23. The first kappa shape index (κ1) is 24.4. The number of anilines is 2. The number of thiazole rings is 1. The molecule has 2 aromatic carbocycles. The molecule has 0 spiro atoms. The van der Waals surface area contributed by atoms with Crippen LogP contribution in [0.5, 0.6) is 0 Å². The first-order valence-corrected chi connectivity index (χ1v) is 11.8. The van der Waals surface area contributed by atoms with Gasteiger partial charge in [0.1, 0.15) is 6.10 Å². The Balaban J connectivity index is 1.45. The number of benzene rings is 2. The standard InChI is InChI=1S/C25H30N4O3S/c1-17(2)24(31)32-22(19-6-4-3-5-7-19)15-27-13-12-18-8-10-20(11-9-18)28-23(30)14-21-16-33-25(26)29-21/h3-11,16-17,22,27H,12-15H2,1-2H3,(H2,26,29)(H,28,30). The van der Waals surface area contributed by atoms with Gasteiger partial charge in [0.25, 0.3) is 0 Å². The highest BCUT2D eigenvalue weighted by Crippen LogP contribution is 2.18. The predicted octanol–water partition coefficient (Wildman–Crippen LogP) is 3.98. The van der Waals surface area contributed by atoms with Gasteiger partial charge >= 0.3 is 5.97 Å². The Labute approximate surface area is 198 Å². The zero-order valence-corrected chi connectivity index (χ0v) is 19.7. The van der Waals surface area contributed by atoms with Crippen molar-refractivity contribution in [1.82, 2.24) is 10.3 Å². The van der Waals surface area contributed by atoms with E-state index in [9.17, 15) is 9.59 Å². The van der Waals surface area contributed by atoms with E-state index in [4.69, 9.17) is 10.5 Å². The minimum absolute atomic E-state index is 0.127. The SMILES string of the molecule is CC(C)C(=O)OC(CNCCc1ccc(NC(=O)Cc2csc(N)n2)cc1)c1ccccc1. The number of ether oxygens (including phenoxy) is 1. The molecule has 3 aromatic rings. The molecule has 0 bridgehead atoms. The summed E-state index contributed by atoms with van der Waals surface area (Å²) in [6, 6.07) is 17.5. The van der Waals surface area contributed by atoms with Crippen LogP contribution < -0.4 is 16.4 Å². The third-order valence-electron chi connectivity index (χ3n) is 4.97. The molecule has 0 saturated heterocycles. The molecule has 174 valence electrons. The summed E-state index contributed by atoms with van der Waals surface area (Å²) in [6.45, 7) is 4.94. The smallest absolute Gasteiger partial charge is 0.309 e. The summed E-state index contributed by atoms with van der Waals surface area (Å²) in [6.07, 6.45) is 0.682. The van der Waals surface area contributed by atoms with Crippen molar-refractivity contribution in [2.45, 2.75) is 32.8 Å². The Morgan fingerprint density at radius 1 is 1.09 bits per heavy atom. The van der Waals surface area contributed by atoms with Crippen LogP contribution in [0.25, 0.3) is 0 Å². The Morgan fingerprint density at radius 2 is 1.82 bits per heavy atom. The zero-order chi connectivity index (χ0) is 23.6. The summed E-state index contributed by atoms with van der Waals surface area (Å²) in [5.74, 6) is -0.506. The van der Waals surface area contributed by atoms with Crippen LogP contribution in [0.15, 0.2) is 60.0 Å². The number of rotatable bonds is 11. The van der Waals surface area contributed by atoms with Crippen molar-refractivity contribution in [3.05, 3.63) is 76.8 Å². The maximum atomic E-state index is 12.2. The van der Waals surface area contributed by atoms with Crippen molar-refractivity contribution in [2.24, 2.45) is 5.92 Å². The van der Waals surface area contributed by atoms with Crippen molar-refractivity contribution in [1.29, 1.82) is 0 Å². The molecule has 33 heavy (non-hydrogen) atoms. The summed E-state index contributed by atoms with van der Waals surface area (Å²) in [5.41, 5.74) is 9.13. The second-order valence-corrected chi connectivity index (χ2v) is 8.93. The largest absolute Gasteiger partial charge is 0.456 e. The first-order chi connectivity index (χ1) is 15.9. The van der Waals surface area contributed by atoms with Gasteiger partial charge in [0, 0.05) is 17.6 Å². The van der Waals surface area contributed by atoms with E-state index in [2.05, 4.69) is 15.6 Å². The molecular formula is C25H30N4O3S. The fourth-order valence-electron chi connectivity index (χ4n) is 3.17. The van der Waals surface area contributed by atoms with Crippen LogP contribution in [0.1, 0.15) is 36.8 Å². The van der Waals surface area contributed by atoms with E-state index in [1.54, 1.807) is 5.38 Å². The van der Waals surface area contributed by atoms with E-state index in [0.717, 1.165) is 29.8 Å². The fourth-order valence-corrected chi connectivity index (χ4v) is 3.73. The van der Waals surface area contributed by atoms with Crippen LogP contribution in [0.3, 0.4) is 0 Å². The maximum Gasteiger partial charge on any atom is 0.309 e. The summed E-state index contributed by atoms with van der Waals surface area (Å²) >= 11 is 1.32. The van der Waals surface area contributed by atoms with Crippen molar-refractivity contribution < 1.29 is 14.3 Å². The van der Waals surface area contributed by atoms with E-state index in [1.165, 1.54) is 11.3 Å². The number of aromatic nitrogens is 1. The van der Waals surface area contributed by atoms with Gasteiger partial charge in [-0.05, 0) is 36.2 Å². The molecule has 1 aromatic heterocycles. The molecular weight excluding hydrogens is 436 g/mol. The van der Waals surface area contributed by atoms with E-state index >= 15 is 0 Å². The van der Waals surface area contributed by atoms with E-state index < -0.39 is 0 Å². The average molecular weight is 467 g/mol. The van der Waals surface area contributed by atoms with Gasteiger partial charge in [-0.2, -0.15) is 0 Å². The molecule has 1 atom stereocenters. The summed E-state index contributed by atoms with van der Waals surface area (Å²) in [7, 11) is 0. The molecule has 8 heteroatoms. The second kappa shape index (κ2) is 12.1. The van der Waals surface area contributed by atoms with Gasteiger partial charge in [-0.1, -0.05) is 56.3 Å². The van der Waals surface area contributed by atoms with Crippen molar-refractivity contribution in [2.75, 3.05) is 24.1 Å². The molecule has 0 radical (unpaired) electrons. The number of nitrogens with one attached hydrogen (secondary N) is 2. The van der Waals surface area contributed by atoms with Crippen molar-refractivity contribution >= 4 is 34.0 Å². The number of nitrogens with zero attached hydrogens (tertiary/aromatic N) is 1. The highest BCUT2D eigenvalue weighted by atomic mass is 32.1.